The van der Waals surface area contributed by atoms with E-state index >= 15 is 0 Å². The average Bonchev–Trinajstić information content (AvgIpc) is 3.15. The van der Waals surface area contributed by atoms with E-state index in [4.69, 9.17) is 9.47 Å². The van der Waals surface area contributed by atoms with Crippen molar-refractivity contribution < 1.29 is 61.9 Å². The number of nitrogens with one attached hydrogen (secondary N) is 2. The van der Waals surface area contributed by atoms with Crippen LogP contribution in [0.4, 0.5) is 0 Å². The molecule has 6 N–H and O–H groups in total. The van der Waals surface area contributed by atoms with Crippen molar-refractivity contribution in [1.29, 1.82) is 0 Å². The van der Waals surface area contributed by atoms with Gasteiger partial charge < -0.3 is 39.9 Å². The quantitative estimate of drug-likeness (QED) is 0.158. The third-order valence-electron chi connectivity index (χ3n) is 5.71. The molecule has 1 aromatic rings. The van der Waals surface area contributed by atoms with Gasteiger partial charge in [-0.2, -0.15) is 0 Å². The van der Waals surface area contributed by atoms with E-state index in [9.17, 15) is 48.6 Å². The molecule has 20 heteroatoms. The van der Waals surface area contributed by atoms with E-state index in [1.807, 2.05) is 0 Å². The Hall–Kier alpha value is -1.79. The normalized spacial score (nSPS) is 34.8. The summed E-state index contributed by atoms with van der Waals surface area (Å²) < 4.78 is 49.3. The highest BCUT2D eigenvalue weighted by Gasteiger charge is 2.46. The highest BCUT2D eigenvalue weighted by molar-refractivity contribution is 7.60. The van der Waals surface area contributed by atoms with Gasteiger partial charge in [0, 0.05) is 25.1 Å². The summed E-state index contributed by atoms with van der Waals surface area (Å²) in [5.74, 6) is -0.658. The molecule has 3 rings (SSSR count). The highest BCUT2D eigenvalue weighted by atomic mass is 31.3. The number of ether oxygens (including phenoxy) is 2. The number of H-pyrrole nitrogens is 1. The van der Waals surface area contributed by atoms with Crippen LogP contribution in [0.3, 0.4) is 0 Å². The Balaban J connectivity index is 1.60. The van der Waals surface area contributed by atoms with E-state index in [2.05, 4.69) is 23.7 Å². The number of carbonyl (C=O) groups is 1. The van der Waals surface area contributed by atoms with Gasteiger partial charge in [0.05, 0.1) is 24.9 Å². The van der Waals surface area contributed by atoms with Gasteiger partial charge in [0.15, 0.2) is 6.29 Å². The third-order valence-corrected chi connectivity index (χ3v) is 8.28. The van der Waals surface area contributed by atoms with Crippen LogP contribution in [0.15, 0.2) is 15.8 Å². The van der Waals surface area contributed by atoms with Crippen molar-refractivity contribution >= 4 is 21.6 Å². The Labute approximate surface area is 214 Å². The molecule has 38 heavy (non-hydrogen) atoms. The summed E-state index contributed by atoms with van der Waals surface area (Å²) in [6.07, 6.45) is -9.20. The van der Waals surface area contributed by atoms with Crippen LogP contribution in [0.1, 0.15) is 32.1 Å². The number of nitrogens with zero attached hydrogens (tertiary/aromatic N) is 1. The molecule has 0 radical (unpaired) electrons. The zero-order valence-electron chi connectivity index (χ0n) is 20.2. The monoisotopic (exact) mass is 588 g/mol. The van der Waals surface area contributed by atoms with Gasteiger partial charge in [-0.25, -0.2) is 13.7 Å². The lowest BCUT2D eigenvalue weighted by atomic mass is 9.97. The molecule has 10 atom stereocenters. The first-order valence-corrected chi connectivity index (χ1v) is 14.1. The lowest BCUT2D eigenvalue weighted by molar-refractivity contribution is -0.280. The fourth-order valence-corrected chi connectivity index (χ4v) is 5.95. The molecule has 18 nitrogen and oxygen atoms in total. The molecule has 0 saturated carbocycles. The summed E-state index contributed by atoms with van der Waals surface area (Å²) in [5.41, 5.74) is -1.26. The second-order valence-electron chi connectivity index (χ2n) is 8.73. The first-order chi connectivity index (χ1) is 17.5. The van der Waals surface area contributed by atoms with Crippen molar-refractivity contribution in [3.05, 3.63) is 32.6 Å². The Morgan fingerprint density at radius 3 is 2.55 bits per heavy atom. The van der Waals surface area contributed by atoms with Gasteiger partial charge in [0.25, 0.3) is 13.4 Å². The summed E-state index contributed by atoms with van der Waals surface area (Å²) in [5, 5.41) is 32.8. The molecule has 4 unspecified atom stereocenters. The molecule has 2 saturated heterocycles. The number of amides is 1. The molecule has 0 aromatic carbocycles. The van der Waals surface area contributed by atoms with Crippen molar-refractivity contribution in [2.45, 2.75) is 76.3 Å². The molecule has 0 spiro atoms. The number of aliphatic hydroxyl groups excluding tert-OH is 3. The van der Waals surface area contributed by atoms with Gasteiger partial charge in [0.2, 0.25) is 5.91 Å². The zero-order chi connectivity index (χ0) is 28.6. The van der Waals surface area contributed by atoms with Crippen LogP contribution in [-0.4, -0.2) is 85.1 Å². The van der Waals surface area contributed by atoms with Crippen LogP contribution in [0.25, 0.3) is 0 Å². The van der Waals surface area contributed by atoms with Crippen LogP contribution >= 0.6 is 15.6 Å². The average molecular weight is 588 g/mol. The summed E-state index contributed by atoms with van der Waals surface area (Å²) in [7, 11) is -11.2. The number of rotatable bonds is 9. The predicted molar refractivity (Wildman–Crippen MR) is 120 cm³/mol. The fraction of sp³-hybridized carbons (Fsp3) is 0.722. The Morgan fingerprint density at radius 1 is 1.26 bits per heavy atom. The van der Waals surface area contributed by atoms with Crippen molar-refractivity contribution in [2.24, 2.45) is 0 Å². The SMILES string of the molecule is CC(=O)N[C@@H]1C(O)[C@@H](OP(=O)([O-])OP(=O)(O)OC[C@H]2O[C@@H](n3cc(C)c(=O)[nH]c3=O)C[C@H]2O)OC(C)[C@H]1O. The smallest absolute Gasteiger partial charge is 0.478 e. The predicted octanol–water partition coefficient (Wildman–Crippen LogP) is -2.92. The van der Waals surface area contributed by atoms with Crippen LogP contribution in [-0.2, 0) is 36.8 Å². The van der Waals surface area contributed by atoms with Crippen LogP contribution in [0.5, 0.6) is 0 Å². The van der Waals surface area contributed by atoms with E-state index < -0.39 is 88.5 Å². The summed E-state index contributed by atoms with van der Waals surface area (Å²) in [4.78, 5) is 59.1. The molecule has 2 aliphatic heterocycles. The van der Waals surface area contributed by atoms with E-state index in [1.54, 1.807) is 0 Å². The molecule has 3 heterocycles. The maximum Gasteiger partial charge on any atom is 0.478 e. The van der Waals surface area contributed by atoms with Crippen molar-refractivity contribution in [3.63, 3.8) is 0 Å². The lowest BCUT2D eigenvalue weighted by Crippen LogP contribution is -2.63. The second kappa shape index (κ2) is 11.8. The number of aromatic nitrogens is 2. The fourth-order valence-electron chi connectivity index (χ4n) is 3.83. The molecule has 0 bridgehead atoms. The van der Waals surface area contributed by atoms with Gasteiger partial charge in [-0.3, -0.25) is 32.8 Å². The largest absolute Gasteiger partial charge is 0.756 e. The van der Waals surface area contributed by atoms with Gasteiger partial charge in [0.1, 0.15) is 24.5 Å². The van der Waals surface area contributed by atoms with Crippen LogP contribution < -0.4 is 21.5 Å². The maximum atomic E-state index is 12.3. The molecule has 216 valence electrons. The first kappa shape index (κ1) is 30.7. The molecule has 2 fully saturated rings. The first-order valence-electron chi connectivity index (χ1n) is 11.1. The van der Waals surface area contributed by atoms with Gasteiger partial charge >= 0.3 is 13.5 Å². The second-order valence-corrected chi connectivity index (χ2v) is 11.7. The minimum atomic E-state index is -5.73. The molecular formula is C18H28N3O15P2-. The minimum absolute atomic E-state index is 0.171. The molecule has 1 aromatic heterocycles. The van der Waals surface area contributed by atoms with Crippen LogP contribution in [0, 0.1) is 6.92 Å². The van der Waals surface area contributed by atoms with E-state index in [0.29, 0.717) is 0 Å². The Bertz CT molecular complexity index is 1240. The maximum absolute atomic E-state index is 12.3. The van der Waals surface area contributed by atoms with E-state index in [-0.39, 0.29) is 12.0 Å². The number of aliphatic hydroxyl groups is 3. The van der Waals surface area contributed by atoms with Gasteiger partial charge in [-0.05, 0) is 13.8 Å². The summed E-state index contributed by atoms with van der Waals surface area (Å²) >= 11 is 0. The topological polar surface area (TPSA) is 268 Å². The summed E-state index contributed by atoms with van der Waals surface area (Å²) in [6, 6.07) is -1.40. The number of carbonyl (C=O) groups excluding carboxylic acids is 1. The van der Waals surface area contributed by atoms with E-state index in [1.165, 1.54) is 20.0 Å². The molecule has 1 amide bonds. The Kier molecular flexibility index (Phi) is 9.51. The zero-order valence-corrected chi connectivity index (χ0v) is 22.0. The van der Waals surface area contributed by atoms with E-state index in [0.717, 1.165) is 11.5 Å². The minimum Gasteiger partial charge on any atom is -0.756 e. The summed E-state index contributed by atoms with van der Waals surface area (Å²) in [6.45, 7) is 2.95. The third kappa shape index (κ3) is 7.44. The number of aromatic amines is 1. The molecule has 2 aliphatic rings. The van der Waals surface area contributed by atoms with Crippen molar-refractivity contribution in [1.82, 2.24) is 14.9 Å². The number of hydrogen-bond acceptors (Lipinski definition) is 14. The van der Waals surface area contributed by atoms with Crippen molar-refractivity contribution in [2.75, 3.05) is 6.61 Å². The number of hydrogen-bond donors (Lipinski definition) is 6. The number of aryl methyl sites for hydroxylation is 1. The van der Waals surface area contributed by atoms with Gasteiger partial charge in [-0.15, -0.1) is 0 Å². The Morgan fingerprint density at radius 2 is 1.92 bits per heavy atom. The molecule has 0 aliphatic carbocycles. The number of phosphoric ester groups is 2. The van der Waals surface area contributed by atoms with Crippen LogP contribution in [0.2, 0.25) is 0 Å². The van der Waals surface area contributed by atoms with Gasteiger partial charge in [-0.1, -0.05) is 0 Å². The standard InChI is InChI=1S/C18H29N3O15P2/c1-7-5-21(18(27)20-16(7)26)12-4-10(23)11(34-12)6-32-37(28,29)36-38(30,31)35-17-15(25)13(19-9(3)22)14(24)8(2)33-17/h5,8,10-15,17,23-25H,4,6H2,1-3H3,(H,19,22)(H,28,29)(H,30,31)(H,20,26,27)/p-1/t8?,10-,11-,12-,13+,14-,15?,17-/m1/s1. The highest BCUT2D eigenvalue weighted by Crippen LogP contribution is 2.59. The number of phosphoric acid groups is 2. The molecular weight excluding hydrogens is 560 g/mol. The lowest BCUT2D eigenvalue weighted by Gasteiger charge is -2.42. The van der Waals surface area contributed by atoms with Crippen molar-refractivity contribution in [3.8, 4) is 0 Å².